The van der Waals surface area contributed by atoms with Gasteiger partial charge in [0.1, 0.15) is 5.75 Å². The van der Waals surface area contributed by atoms with E-state index in [2.05, 4.69) is 22.8 Å². The minimum atomic E-state index is 0.557. The van der Waals surface area contributed by atoms with Crippen molar-refractivity contribution in [3.8, 4) is 5.75 Å². The molecule has 0 bridgehead atoms. The van der Waals surface area contributed by atoms with Crippen molar-refractivity contribution >= 4 is 5.69 Å². The van der Waals surface area contributed by atoms with Gasteiger partial charge >= 0.3 is 0 Å². The maximum Gasteiger partial charge on any atom is 0.142 e. The zero-order valence-corrected chi connectivity index (χ0v) is 8.21. The molecule has 0 saturated carbocycles. The molecule has 3 rings (SSSR count). The Morgan fingerprint density at radius 3 is 3.14 bits per heavy atom. The first kappa shape index (κ1) is 8.12. The molecule has 2 unspecified atom stereocenters. The normalized spacial score (nSPS) is 28.1. The number of nitrogens with one attached hydrogen (secondary N) is 2. The molecule has 1 fully saturated rings. The van der Waals surface area contributed by atoms with Gasteiger partial charge in [0.15, 0.2) is 0 Å². The second kappa shape index (κ2) is 2.89. The number of methoxy groups -OCH3 is 1. The summed E-state index contributed by atoms with van der Waals surface area (Å²) in [5.74, 6) is 1.59. The van der Waals surface area contributed by atoms with Gasteiger partial charge in [-0.2, -0.15) is 0 Å². The smallest absolute Gasteiger partial charge is 0.142 e. The largest absolute Gasteiger partial charge is 0.495 e. The Hall–Kier alpha value is -1.22. The molecule has 1 aromatic carbocycles. The van der Waals surface area contributed by atoms with Crippen molar-refractivity contribution in [2.75, 3.05) is 25.5 Å². The first-order valence-electron chi connectivity index (χ1n) is 5.04. The van der Waals surface area contributed by atoms with E-state index in [1.54, 1.807) is 7.11 Å². The van der Waals surface area contributed by atoms with Crippen LogP contribution >= 0.6 is 0 Å². The lowest BCUT2D eigenvalue weighted by molar-refractivity contribution is 0.416. The Kier molecular flexibility index (Phi) is 1.67. The summed E-state index contributed by atoms with van der Waals surface area (Å²) >= 11 is 0. The molecule has 3 heteroatoms. The van der Waals surface area contributed by atoms with Gasteiger partial charge < -0.3 is 15.4 Å². The molecular formula is C11H14N2O. The van der Waals surface area contributed by atoms with Gasteiger partial charge in [-0.3, -0.25) is 0 Å². The van der Waals surface area contributed by atoms with Crippen LogP contribution in [0.3, 0.4) is 0 Å². The molecule has 2 aliphatic heterocycles. The second-order valence-corrected chi connectivity index (χ2v) is 3.94. The maximum absolute atomic E-state index is 5.34. The summed E-state index contributed by atoms with van der Waals surface area (Å²) in [7, 11) is 1.73. The van der Waals surface area contributed by atoms with Gasteiger partial charge in [-0.1, -0.05) is 12.1 Å². The highest BCUT2D eigenvalue weighted by Gasteiger charge is 2.36. The summed E-state index contributed by atoms with van der Waals surface area (Å²) in [6.07, 6.45) is 0. The second-order valence-electron chi connectivity index (χ2n) is 3.94. The van der Waals surface area contributed by atoms with Gasteiger partial charge in [0.25, 0.3) is 0 Å². The number of benzene rings is 1. The van der Waals surface area contributed by atoms with Crippen LogP contribution < -0.4 is 15.4 Å². The van der Waals surface area contributed by atoms with E-state index in [1.165, 1.54) is 11.3 Å². The Labute approximate surface area is 83.5 Å². The predicted octanol–water partition coefficient (Wildman–Crippen LogP) is 1.18. The predicted molar refractivity (Wildman–Crippen MR) is 56.0 cm³/mol. The molecule has 0 spiro atoms. The summed E-state index contributed by atoms with van der Waals surface area (Å²) in [4.78, 5) is 0. The summed E-state index contributed by atoms with van der Waals surface area (Å²) in [6.45, 7) is 2.14. The topological polar surface area (TPSA) is 33.3 Å². The highest BCUT2D eigenvalue weighted by Crippen LogP contribution is 2.42. The van der Waals surface area contributed by atoms with Crippen molar-refractivity contribution in [1.82, 2.24) is 5.32 Å². The molecule has 2 heterocycles. The Balaban J connectivity index is 2.08. The molecule has 0 aromatic heterocycles. The number of anilines is 1. The molecule has 0 amide bonds. The highest BCUT2D eigenvalue weighted by molar-refractivity contribution is 5.68. The molecule has 1 aromatic rings. The fraction of sp³-hybridized carbons (Fsp3) is 0.455. The van der Waals surface area contributed by atoms with Gasteiger partial charge in [-0.05, 0) is 11.6 Å². The Bertz CT molecular complexity index is 364. The van der Waals surface area contributed by atoms with E-state index < -0.39 is 0 Å². The molecule has 3 nitrogen and oxygen atoms in total. The number of ether oxygens (including phenoxy) is 1. The van der Waals surface area contributed by atoms with Crippen LogP contribution in [0.2, 0.25) is 0 Å². The van der Waals surface area contributed by atoms with E-state index in [1.807, 2.05) is 6.07 Å². The minimum absolute atomic E-state index is 0.557. The quantitative estimate of drug-likeness (QED) is 0.697. The van der Waals surface area contributed by atoms with Crippen LogP contribution in [-0.2, 0) is 0 Å². The minimum Gasteiger partial charge on any atom is -0.495 e. The van der Waals surface area contributed by atoms with Crippen molar-refractivity contribution in [2.24, 2.45) is 0 Å². The van der Waals surface area contributed by atoms with Crippen LogP contribution in [0, 0.1) is 0 Å². The van der Waals surface area contributed by atoms with Gasteiger partial charge in [-0.25, -0.2) is 0 Å². The zero-order valence-electron chi connectivity index (χ0n) is 8.21. The van der Waals surface area contributed by atoms with Gasteiger partial charge in [0, 0.05) is 25.0 Å². The molecule has 74 valence electrons. The van der Waals surface area contributed by atoms with E-state index in [0.29, 0.717) is 12.0 Å². The molecule has 1 saturated heterocycles. The van der Waals surface area contributed by atoms with Gasteiger partial charge in [-0.15, -0.1) is 0 Å². The third-order valence-electron chi connectivity index (χ3n) is 3.22. The molecule has 2 N–H and O–H groups in total. The van der Waals surface area contributed by atoms with Crippen LogP contribution in [0.1, 0.15) is 11.5 Å². The zero-order chi connectivity index (χ0) is 9.54. The van der Waals surface area contributed by atoms with Crippen LogP contribution in [0.5, 0.6) is 5.75 Å². The third kappa shape index (κ3) is 0.960. The van der Waals surface area contributed by atoms with Crippen LogP contribution in [0.25, 0.3) is 0 Å². The average molecular weight is 190 g/mol. The van der Waals surface area contributed by atoms with Crippen LogP contribution in [0.15, 0.2) is 18.2 Å². The molecule has 2 aliphatic rings. The lowest BCUT2D eigenvalue weighted by Gasteiger charge is -2.09. The lowest BCUT2D eigenvalue weighted by Crippen LogP contribution is -2.20. The van der Waals surface area contributed by atoms with E-state index in [-0.39, 0.29) is 0 Å². The Morgan fingerprint density at radius 2 is 2.29 bits per heavy atom. The lowest BCUT2D eigenvalue weighted by atomic mass is 9.98. The first-order valence-corrected chi connectivity index (χ1v) is 5.04. The number of hydrogen-bond acceptors (Lipinski definition) is 3. The summed E-state index contributed by atoms with van der Waals surface area (Å²) in [5, 5.41) is 6.93. The van der Waals surface area contributed by atoms with E-state index in [0.717, 1.165) is 18.8 Å². The number of para-hydroxylation sites is 1. The fourth-order valence-electron chi connectivity index (χ4n) is 2.52. The number of fused-ring (bicyclic) bond motifs is 3. The van der Waals surface area contributed by atoms with E-state index in [9.17, 15) is 0 Å². The molecule has 0 aliphatic carbocycles. The molecular weight excluding hydrogens is 176 g/mol. The van der Waals surface area contributed by atoms with Crippen molar-refractivity contribution in [3.63, 3.8) is 0 Å². The van der Waals surface area contributed by atoms with Crippen molar-refractivity contribution < 1.29 is 4.74 Å². The molecule has 14 heavy (non-hydrogen) atoms. The monoisotopic (exact) mass is 190 g/mol. The van der Waals surface area contributed by atoms with Crippen molar-refractivity contribution in [2.45, 2.75) is 12.0 Å². The SMILES string of the molecule is COc1cccc2c1NC1CNCC21. The standard InChI is InChI=1S/C11H14N2O/c1-14-10-4-2-3-7-8-5-12-6-9(8)13-11(7)10/h2-4,8-9,12-13H,5-6H2,1H3. The highest BCUT2D eigenvalue weighted by atomic mass is 16.5. The van der Waals surface area contributed by atoms with Gasteiger partial charge in [0.05, 0.1) is 12.8 Å². The third-order valence-corrected chi connectivity index (χ3v) is 3.22. The van der Waals surface area contributed by atoms with Crippen LogP contribution in [-0.4, -0.2) is 26.2 Å². The van der Waals surface area contributed by atoms with E-state index in [4.69, 9.17) is 4.74 Å². The maximum atomic E-state index is 5.34. The summed E-state index contributed by atoms with van der Waals surface area (Å²) in [5.41, 5.74) is 2.60. The summed E-state index contributed by atoms with van der Waals surface area (Å²) < 4.78 is 5.34. The molecule has 0 radical (unpaired) electrons. The number of rotatable bonds is 1. The Morgan fingerprint density at radius 1 is 1.36 bits per heavy atom. The summed E-state index contributed by atoms with van der Waals surface area (Å²) in [6, 6.07) is 6.84. The first-order chi connectivity index (χ1) is 6.90. The average Bonchev–Trinajstić information content (AvgIpc) is 2.76. The fourth-order valence-corrected chi connectivity index (χ4v) is 2.52. The van der Waals surface area contributed by atoms with E-state index >= 15 is 0 Å². The van der Waals surface area contributed by atoms with Crippen LogP contribution in [0.4, 0.5) is 5.69 Å². The van der Waals surface area contributed by atoms with Crippen molar-refractivity contribution in [3.05, 3.63) is 23.8 Å². The van der Waals surface area contributed by atoms with Gasteiger partial charge in [0.2, 0.25) is 0 Å². The van der Waals surface area contributed by atoms with Crippen molar-refractivity contribution in [1.29, 1.82) is 0 Å². The molecule has 2 atom stereocenters. The number of hydrogen-bond donors (Lipinski definition) is 2.